The molecule has 0 saturated carbocycles. The summed E-state index contributed by atoms with van der Waals surface area (Å²) in [7, 11) is 0. The number of aromatic nitrogens is 2. The molecule has 1 rings (SSSR count). The Hall–Kier alpha value is -1.37. The molecule has 0 aliphatic heterocycles. The van der Waals surface area contributed by atoms with Gasteiger partial charge in [0.15, 0.2) is 0 Å². The minimum absolute atomic E-state index is 0.334. The van der Waals surface area contributed by atoms with Gasteiger partial charge in [0, 0.05) is 30.5 Å². The molecule has 1 aromatic rings. The quantitative estimate of drug-likeness (QED) is 0.649. The van der Waals surface area contributed by atoms with E-state index >= 15 is 0 Å². The highest BCUT2D eigenvalue weighted by Crippen LogP contribution is 2.16. The zero-order chi connectivity index (χ0) is 11.3. The van der Waals surface area contributed by atoms with Crippen LogP contribution >= 0.6 is 11.5 Å². The number of urea groups is 1. The Labute approximate surface area is 92.4 Å². The van der Waals surface area contributed by atoms with Gasteiger partial charge < -0.3 is 16.4 Å². The predicted octanol–water partition coefficient (Wildman–Crippen LogP) is 0.742. The highest BCUT2D eigenvalue weighted by molar-refractivity contribution is 7.09. The zero-order valence-electron chi connectivity index (χ0n) is 8.78. The van der Waals surface area contributed by atoms with Crippen molar-refractivity contribution in [2.24, 2.45) is 5.73 Å². The third-order valence-corrected chi connectivity index (χ3v) is 2.35. The molecule has 0 aliphatic carbocycles. The van der Waals surface area contributed by atoms with Crippen LogP contribution in [0.15, 0.2) is 0 Å². The standard InChI is InChI=1S/C8H15N5OS/c1-5(2)6-12-8(15-13-6)11-4-3-10-7(9)14/h5H,3-4H2,1-2H3,(H3,9,10,14)(H,11,12,13). The van der Waals surface area contributed by atoms with Crippen LogP contribution in [-0.4, -0.2) is 28.5 Å². The Morgan fingerprint density at radius 3 is 2.80 bits per heavy atom. The summed E-state index contributed by atoms with van der Waals surface area (Å²) in [6.45, 7) is 5.16. The van der Waals surface area contributed by atoms with E-state index in [0.717, 1.165) is 11.0 Å². The van der Waals surface area contributed by atoms with E-state index in [1.54, 1.807) is 0 Å². The van der Waals surface area contributed by atoms with Gasteiger partial charge in [0.1, 0.15) is 5.82 Å². The first-order chi connectivity index (χ1) is 7.09. The summed E-state index contributed by atoms with van der Waals surface area (Å²) in [5, 5.41) is 6.30. The lowest BCUT2D eigenvalue weighted by Crippen LogP contribution is -2.33. The second kappa shape index (κ2) is 5.50. The average Bonchev–Trinajstić information content (AvgIpc) is 2.60. The Bertz CT molecular complexity index is 325. The topological polar surface area (TPSA) is 92.9 Å². The number of hydrogen-bond donors (Lipinski definition) is 3. The molecule has 0 unspecified atom stereocenters. The van der Waals surface area contributed by atoms with Crippen molar-refractivity contribution in [3.05, 3.63) is 5.82 Å². The molecule has 1 heterocycles. The van der Waals surface area contributed by atoms with Gasteiger partial charge in [-0.15, -0.1) is 0 Å². The maximum Gasteiger partial charge on any atom is 0.312 e. The van der Waals surface area contributed by atoms with E-state index in [2.05, 4.69) is 20.0 Å². The molecule has 1 aromatic heterocycles. The van der Waals surface area contributed by atoms with E-state index in [-0.39, 0.29) is 0 Å². The Morgan fingerprint density at radius 2 is 2.27 bits per heavy atom. The zero-order valence-corrected chi connectivity index (χ0v) is 9.60. The van der Waals surface area contributed by atoms with Gasteiger partial charge in [0.25, 0.3) is 0 Å². The number of rotatable bonds is 5. The smallest absolute Gasteiger partial charge is 0.312 e. The van der Waals surface area contributed by atoms with Gasteiger partial charge in [0.2, 0.25) is 5.13 Å². The van der Waals surface area contributed by atoms with Crippen LogP contribution in [0.2, 0.25) is 0 Å². The van der Waals surface area contributed by atoms with Crippen molar-refractivity contribution in [2.45, 2.75) is 19.8 Å². The van der Waals surface area contributed by atoms with Gasteiger partial charge in [-0.1, -0.05) is 13.8 Å². The molecule has 4 N–H and O–H groups in total. The fourth-order valence-electron chi connectivity index (χ4n) is 0.896. The molecular formula is C8H15N5OS. The van der Waals surface area contributed by atoms with Crippen LogP contribution in [0, 0.1) is 0 Å². The molecule has 2 amide bonds. The minimum atomic E-state index is -0.517. The molecule has 6 nitrogen and oxygen atoms in total. The van der Waals surface area contributed by atoms with E-state index in [1.807, 2.05) is 13.8 Å². The Balaban J connectivity index is 2.28. The number of primary amides is 1. The average molecular weight is 229 g/mol. The summed E-state index contributed by atoms with van der Waals surface area (Å²) in [4.78, 5) is 14.6. The molecule has 0 radical (unpaired) electrons. The number of anilines is 1. The maximum atomic E-state index is 10.4. The Morgan fingerprint density at radius 1 is 1.53 bits per heavy atom. The third-order valence-electron chi connectivity index (χ3n) is 1.66. The lowest BCUT2D eigenvalue weighted by molar-refractivity contribution is 0.249. The first-order valence-electron chi connectivity index (χ1n) is 4.70. The Kier molecular flexibility index (Phi) is 4.29. The fraction of sp³-hybridized carbons (Fsp3) is 0.625. The maximum absolute atomic E-state index is 10.4. The van der Waals surface area contributed by atoms with Crippen molar-refractivity contribution >= 4 is 22.7 Å². The van der Waals surface area contributed by atoms with Crippen LogP contribution in [0.25, 0.3) is 0 Å². The van der Waals surface area contributed by atoms with Crippen LogP contribution in [-0.2, 0) is 0 Å². The highest BCUT2D eigenvalue weighted by atomic mass is 32.1. The molecule has 0 aliphatic rings. The van der Waals surface area contributed by atoms with E-state index in [1.165, 1.54) is 11.5 Å². The molecular weight excluding hydrogens is 214 g/mol. The van der Waals surface area contributed by atoms with Gasteiger partial charge >= 0.3 is 6.03 Å². The van der Waals surface area contributed by atoms with E-state index in [9.17, 15) is 4.79 Å². The lowest BCUT2D eigenvalue weighted by atomic mass is 10.2. The van der Waals surface area contributed by atoms with Crippen molar-refractivity contribution in [1.82, 2.24) is 14.7 Å². The van der Waals surface area contributed by atoms with Crippen LogP contribution in [0.1, 0.15) is 25.6 Å². The van der Waals surface area contributed by atoms with Crippen LogP contribution in [0.3, 0.4) is 0 Å². The summed E-state index contributed by atoms with van der Waals surface area (Å²) in [6, 6.07) is -0.517. The first kappa shape index (κ1) is 11.7. The number of carbonyl (C=O) groups is 1. The van der Waals surface area contributed by atoms with Crippen LogP contribution in [0.4, 0.5) is 9.93 Å². The summed E-state index contributed by atoms with van der Waals surface area (Å²) in [5.74, 6) is 1.17. The van der Waals surface area contributed by atoms with Gasteiger partial charge in [-0.3, -0.25) is 0 Å². The molecule has 0 atom stereocenters. The minimum Gasteiger partial charge on any atom is -0.359 e. The van der Waals surface area contributed by atoms with E-state index < -0.39 is 6.03 Å². The molecule has 15 heavy (non-hydrogen) atoms. The second-order valence-electron chi connectivity index (χ2n) is 3.33. The van der Waals surface area contributed by atoms with Crippen molar-refractivity contribution in [2.75, 3.05) is 18.4 Å². The summed E-state index contributed by atoms with van der Waals surface area (Å²) in [6.07, 6.45) is 0. The largest absolute Gasteiger partial charge is 0.359 e. The fourth-order valence-corrected chi connectivity index (χ4v) is 1.63. The van der Waals surface area contributed by atoms with Crippen LogP contribution in [0.5, 0.6) is 0 Å². The summed E-state index contributed by atoms with van der Waals surface area (Å²) >= 11 is 1.32. The van der Waals surface area contributed by atoms with E-state index in [0.29, 0.717) is 19.0 Å². The summed E-state index contributed by atoms with van der Waals surface area (Å²) in [5.41, 5.74) is 4.91. The molecule has 84 valence electrons. The second-order valence-corrected chi connectivity index (χ2v) is 4.08. The normalized spacial score (nSPS) is 10.3. The van der Waals surface area contributed by atoms with E-state index in [4.69, 9.17) is 5.73 Å². The summed E-state index contributed by atoms with van der Waals surface area (Å²) < 4.78 is 4.19. The molecule has 0 spiro atoms. The number of amides is 2. The monoisotopic (exact) mass is 229 g/mol. The SMILES string of the molecule is CC(C)c1nsc(NCCNC(N)=O)n1. The van der Waals surface area contributed by atoms with Gasteiger partial charge in [0.05, 0.1) is 0 Å². The van der Waals surface area contributed by atoms with Crippen molar-refractivity contribution in [3.63, 3.8) is 0 Å². The lowest BCUT2D eigenvalue weighted by Gasteiger charge is -2.02. The molecule has 0 fully saturated rings. The number of nitrogens with two attached hydrogens (primary N) is 1. The number of carbonyl (C=O) groups excluding carboxylic acids is 1. The third kappa shape index (κ3) is 4.11. The van der Waals surface area contributed by atoms with Gasteiger partial charge in [-0.25, -0.2) is 9.78 Å². The number of nitrogens with zero attached hydrogens (tertiary/aromatic N) is 2. The molecule has 7 heteroatoms. The number of nitrogens with one attached hydrogen (secondary N) is 2. The predicted molar refractivity (Wildman–Crippen MR) is 60.1 cm³/mol. The van der Waals surface area contributed by atoms with Crippen molar-refractivity contribution in [1.29, 1.82) is 0 Å². The molecule has 0 saturated heterocycles. The van der Waals surface area contributed by atoms with Crippen molar-refractivity contribution < 1.29 is 4.79 Å². The highest BCUT2D eigenvalue weighted by Gasteiger charge is 2.06. The van der Waals surface area contributed by atoms with Gasteiger partial charge in [-0.2, -0.15) is 4.37 Å². The molecule has 0 bridgehead atoms. The van der Waals surface area contributed by atoms with Crippen molar-refractivity contribution in [3.8, 4) is 0 Å². The first-order valence-corrected chi connectivity index (χ1v) is 5.47. The molecule has 0 aromatic carbocycles. The number of hydrogen-bond acceptors (Lipinski definition) is 5. The van der Waals surface area contributed by atoms with Gasteiger partial charge in [-0.05, 0) is 0 Å². The van der Waals surface area contributed by atoms with Crippen LogP contribution < -0.4 is 16.4 Å².